The number of aromatic amines is 1. The van der Waals surface area contributed by atoms with Crippen LogP contribution < -0.4 is 11.3 Å². The number of halogens is 3. The number of nitrogens with one attached hydrogen (secondary N) is 1. The van der Waals surface area contributed by atoms with E-state index in [-0.39, 0.29) is 10.7 Å². The molecule has 14 heavy (non-hydrogen) atoms. The van der Waals surface area contributed by atoms with Crippen LogP contribution in [0.25, 0.3) is 0 Å². The van der Waals surface area contributed by atoms with Crippen molar-refractivity contribution in [3.8, 4) is 0 Å². The highest BCUT2D eigenvalue weighted by atomic mass is 35.5. The summed E-state index contributed by atoms with van der Waals surface area (Å²) in [6, 6.07) is 0.689. The molecule has 0 bridgehead atoms. The number of carbonyl (C=O) groups is 1. The lowest BCUT2D eigenvalue weighted by molar-refractivity contribution is 0.0999. The van der Waals surface area contributed by atoms with Crippen molar-refractivity contribution in [1.82, 2.24) is 4.98 Å². The summed E-state index contributed by atoms with van der Waals surface area (Å²) in [6.45, 7) is 0. The second-order valence-electron chi connectivity index (χ2n) is 2.45. The van der Waals surface area contributed by atoms with E-state index in [0.29, 0.717) is 6.07 Å². The van der Waals surface area contributed by atoms with Gasteiger partial charge in [-0.2, -0.15) is 0 Å². The first-order valence-corrected chi connectivity index (χ1v) is 3.82. The molecule has 0 aliphatic carbocycles. The van der Waals surface area contributed by atoms with E-state index < -0.39 is 23.5 Å². The van der Waals surface area contributed by atoms with Crippen LogP contribution in [0, 0.1) is 0 Å². The molecule has 0 radical (unpaired) electrons. The van der Waals surface area contributed by atoms with E-state index in [1.807, 2.05) is 4.98 Å². The Balaban J connectivity index is 3.42. The molecule has 0 atom stereocenters. The van der Waals surface area contributed by atoms with Crippen molar-refractivity contribution in [2.24, 2.45) is 5.73 Å². The molecule has 0 saturated carbocycles. The summed E-state index contributed by atoms with van der Waals surface area (Å²) in [5, 5.41) is -0.341. The molecule has 1 aromatic rings. The molecule has 0 fully saturated rings. The molecule has 1 rings (SSSR count). The fourth-order valence-corrected chi connectivity index (χ4v) is 1.10. The number of hydrogen-bond donors (Lipinski definition) is 2. The number of rotatable bonds is 2. The number of pyridine rings is 1. The Bertz CT molecular complexity index is 430. The van der Waals surface area contributed by atoms with Crippen LogP contribution in [0.2, 0.25) is 5.15 Å². The molecule has 1 amide bonds. The van der Waals surface area contributed by atoms with Crippen molar-refractivity contribution in [3.63, 3.8) is 0 Å². The highest BCUT2D eigenvalue weighted by molar-refractivity contribution is 6.32. The van der Waals surface area contributed by atoms with Crippen molar-refractivity contribution in [2.45, 2.75) is 6.43 Å². The second kappa shape index (κ2) is 3.75. The fourth-order valence-electron chi connectivity index (χ4n) is 0.865. The maximum atomic E-state index is 12.2. The van der Waals surface area contributed by atoms with Crippen LogP contribution in [0.5, 0.6) is 0 Å². The lowest BCUT2D eigenvalue weighted by atomic mass is 10.2. The average Bonchev–Trinajstić information content (AvgIpc) is 2.02. The maximum Gasteiger partial charge on any atom is 0.269 e. The van der Waals surface area contributed by atoms with E-state index in [1.54, 1.807) is 0 Å². The predicted molar refractivity (Wildman–Crippen MR) is 45.5 cm³/mol. The van der Waals surface area contributed by atoms with Crippen LogP contribution in [-0.2, 0) is 0 Å². The Morgan fingerprint density at radius 2 is 2.14 bits per heavy atom. The summed E-state index contributed by atoms with van der Waals surface area (Å²) < 4.78 is 24.4. The minimum atomic E-state index is -2.98. The summed E-state index contributed by atoms with van der Waals surface area (Å²) in [5.41, 5.74) is 2.65. The molecular weight excluding hydrogens is 218 g/mol. The highest BCUT2D eigenvalue weighted by Crippen LogP contribution is 2.18. The maximum absolute atomic E-state index is 12.2. The van der Waals surface area contributed by atoms with Gasteiger partial charge < -0.3 is 10.7 Å². The Morgan fingerprint density at radius 1 is 1.57 bits per heavy atom. The summed E-state index contributed by atoms with van der Waals surface area (Å²) in [4.78, 5) is 23.5. The van der Waals surface area contributed by atoms with E-state index in [1.165, 1.54) is 0 Å². The number of nitrogens with two attached hydrogens (primary N) is 1. The summed E-state index contributed by atoms with van der Waals surface area (Å²) in [7, 11) is 0. The molecule has 7 heteroatoms. The zero-order valence-corrected chi connectivity index (χ0v) is 7.44. The number of alkyl halides is 2. The minimum Gasteiger partial charge on any atom is -0.366 e. The van der Waals surface area contributed by atoms with Crippen molar-refractivity contribution in [3.05, 3.63) is 32.7 Å². The molecule has 3 N–H and O–H groups in total. The summed E-state index contributed by atoms with van der Waals surface area (Å²) in [5.74, 6) is -0.979. The lowest BCUT2D eigenvalue weighted by Gasteiger charge is -2.02. The normalized spacial score (nSPS) is 10.6. The van der Waals surface area contributed by atoms with Gasteiger partial charge in [0.15, 0.2) is 0 Å². The van der Waals surface area contributed by atoms with Crippen molar-refractivity contribution in [2.75, 3.05) is 0 Å². The van der Waals surface area contributed by atoms with Gasteiger partial charge in [-0.25, -0.2) is 8.78 Å². The third-order valence-electron chi connectivity index (χ3n) is 1.52. The Morgan fingerprint density at radius 3 is 2.57 bits per heavy atom. The molecule has 76 valence electrons. The third-order valence-corrected chi connectivity index (χ3v) is 1.82. The molecular formula is C7H5ClF2N2O2. The standard InChI is InChI=1S/C7H5ClF2N2O2/c8-4-2(6(11)13)1-3(5(9)10)7(14)12-4/h1,5H,(H2,11,13)(H,12,14). The summed E-state index contributed by atoms with van der Waals surface area (Å²) >= 11 is 5.40. The topological polar surface area (TPSA) is 76.0 Å². The van der Waals surface area contributed by atoms with Crippen LogP contribution in [0.3, 0.4) is 0 Å². The molecule has 1 heterocycles. The first kappa shape index (κ1) is 10.6. The second-order valence-corrected chi connectivity index (χ2v) is 2.82. The van der Waals surface area contributed by atoms with Crippen LogP contribution in [0.15, 0.2) is 10.9 Å². The SMILES string of the molecule is NC(=O)c1cc(C(F)F)c(=O)[nH]c1Cl. The van der Waals surface area contributed by atoms with Crippen LogP contribution in [0.1, 0.15) is 22.3 Å². The zero-order valence-electron chi connectivity index (χ0n) is 6.68. The van der Waals surface area contributed by atoms with Crippen LogP contribution >= 0.6 is 11.6 Å². The molecule has 0 unspecified atom stereocenters. The number of carbonyl (C=O) groups excluding carboxylic acids is 1. The van der Waals surface area contributed by atoms with Crippen molar-refractivity contribution in [1.29, 1.82) is 0 Å². The predicted octanol–water partition coefficient (Wildman–Crippen LogP) is 1.06. The third kappa shape index (κ3) is 1.90. The van der Waals surface area contributed by atoms with Gasteiger partial charge in [0.05, 0.1) is 11.1 Å². The fraction of sp³-hybridized carbons (Fsp3) is 0.143. The first-order valence-electron chi connectivity index (χ1n) is 3.44. The first-order chi connectivity index (χ1) is 6.43. The number of hydrogen-bond acceptors (Lipinski definition) is 2. The Hall–Kier alpha value is -1.43. The Labute approximate surface area is 81.7 Å². The molecule has 4 nitrogen and oxygen atoms in total. The van der Waals surface area contributed by atoms with Gasteiger partial charge in [-0.15, -0.1) is 0 Å². The lowest BCUT2D eigenvalue weighted by Crippen LogP contribution is -2.19. The number of primary amides is 1. The van der Waals surface area contributed by atoms with Gasteiger partial charge in [0.25, 0.3) is 17.9 Å². The highest BCUT2D eigenvalue weighted by Gasteiger charge is 2.17. The van der Waals surface area contributed by atoms with Gasteiger partial charge in [-0.3, -0.25) is 9.59 Å². The monoisotopic (exact) mass is 222 g/mol. The van der Waals surface area contributed by atoms with Gasteiger partial charge >= 0.3 is 0 Å². The van der Waals surface area contributed by atoms with Gasteiger partial charge in [-0.1, -0.05) is 11.6 Å². The van der Waals surface area contributed by atoms with Gasteiger partial charge in [-0.05, 0) is 6.07 Å². The number of H-pyrrole nitrogens is 1. The van der Waals surface area contributed by atoms with Crippen molar-refractivity contribution >= 4 is 17.5 Å². The molecule has 0 aliphatic rings. The summed E-state index contributed by atoms with van der Waals surface area (Å²) in [6.07, 6.45) is -2.98. The quantitative estimate of drug-likeness (QED) is 0.735. The molecule has 0 aromatic carbocycles. The smallest absolute Gasteiger partial charge is 0.269 e. The van der Waals surface area contributed by atoms with E-state index in [4.69, 9.17) is 17.3 Å². The van der Waals surface area contributed by atoms with Gasteiger partial charge in [0.2, 0.25) is 0 Å². The number of amides is 1. The average molecular weight is 223 g/mol. The molecule has 0 spiro atoms. The van der Waals surface area contributed by atoms with Crippen molar-refractivity contribution < 1.29 is 13.6 Å². The molecule has 1 aromatic heterocycles. The van der Waals surface area contributed by atoms with Gasteiger partial charge in [0.1, 0.15) is 5.15 Å². The Kier molecular flexibility index (Phi) is 2.85. The zero-order chi connectivity index (χ0) is 10.9. The van der Waals surface area contributed by atoms with E-state index >= 15 is 0 Å². The van der Waals surface area contributed by atoms with E-state index in [0.717, 1.165) is 0 Å². The number of aromatic nitrogens is 1. The molecule has 0 saturated heterocycles. The van der Waals surface area contributed by atoms with Crippen LogP contribution in [-0.4, -0.2) is 10.9 Å². The van der Waals surface area contributed by atoms with E-state index in [9.17, 15) is 18.4 Å². The largest absolute Gasteiger partial charge is 0.366 e. The minimum absolute atomic E-state index is 0.332. The van der Waals surface area contributed by atoms with Gasteiger partial charge in [0, 0.05) is 0 Å². The molecule has 0 aliphatic heterocycles. The van der Waals surface area contributed by atoms with Crippen LogP contribution in [0.4, 0.5) is 8.78 Å². The van der Waals surface area contributed by atoms with E-state index in [2.05, 4.69) is 0 Å².